The summed E-state index contributed by atoms with van der Waals surface area (Å²) in [5.74, 6) is -1.31. The average Bonchev–Trinajstić information content (AvgIpc) is 2.96. The lowest BCUT2D eigenvalue weighted by atomic mass is 9.99. The number of aryl methyl sites for hydroxylation is 1. The van der Waals surface area contributed by atoms with Gasteiger partial charge >= 0.3 is 12.0 Å². The van der Waals surface area contributed by atoms with Crippen LogP contribution in [-0.4, -0.2) is 44.5 Å². The van der Waals surface area contributed by atoms with Gasteiger partial charge in [0.25, 0.3) is 0 Å². The van der Waals surface area contributed by atoms with E-state index in [-0.39, 0.29) is 12.6 Å². The summed E-state index contributed by atoms with van der Waals surface area (Å²) in [6.07, 6.45) is 6.66. The van der Waals surface area contributed by atoms with Crippen molar-refractivity contribution in [1.82, 2.24) is 14.3 Å². The van der Waals surface area contributed by atoms with Crippen molar-refractivity contribution < 1.29 is 14.7 Å². The summed E-state index contributed by atoms with van der Waals surface area (Å²) in [4.78, 5) is 29.2. The Morgan fingerprint density at radius 1 is 1.45 bits per heavy atom. The predicted octanol–water partition coefficient (Wildman–Crippen LogP) is 1.97. The zero-order valence-electron chi connectivity index (χ0n) is 12.3. The molecule has 0 saturated carbocycles. The first-order chi connectivity index (χ1) is 10.5. The van der Waals surface area contributed by atoms with Gasteiger partial charge in [-0.3, -0.25) is 4.79 Å². The van der Waals surface area contributed by atoms with Gasteiger partial charge in [0.1, 0.15) is 5.65 Å². The lowest BCUT2D eigenvalue weighted by Gasteiger charge is -2.30. The van der Waals surface area contributed by atoms with E-state index in [0.717, 1.165) is 11.2 Å². The summed E-state index contributed by atoms with van der Waals surface area (Å²) in [5, 5.41) is 11.9. The summed E-state index contributed by atoms with van der Waals surface area (Å²) in [6.45, 7) is 2.77. The number of rotatable bonds is 2. The van der Waals surface area contributed by atoms with Crippen molar-refractivity contribution in [2.45, 2.75) is 19.8 Å². The van der Waals surface area contributed by atoms with Crippen LogP contribution in [0.25, 0.3) is 5.65 Å². The highest BCUT2D eigenvalue weighted by Gasteiger charge is 2.28. The van der Waals surface area contributed by atoms with Crippen LogP contribution in [0, 0.1) is 12.8 Å². The van der Waals surface area contributed by atoms with Crippen molar-refractivity contribution in [1.29, 1.82) is 0 Å². The molecule has 3 heterocycles. The Bertz CT molecular complexity index is 725. The van der Waals surface area contributed by atoms with Gasteiger partial charge < -0.3 is 19.7 Å². The number of nitrogens with zero attached hydrogens (tertiary/aromatic N) is 3. The summed E-state index contributed by atoms with van der Waals surface area (Å²) < 4.78 is 1.85. The molecule has 1 fully saturated rings. The van der Waals surface area contributed by atoms with E-state index in [0.29, 0.717) is 25.1 Å². The standard InChI is InChI=1S/C15H18N4O3/c1-10-7-12(9-18-6-4-16-13(10)18)17-15(22)19-5-2-3-11(8-19)14(20)21/h4,6-7,9,11H,2-3,5,8H2,1H3,(H,17,22)(H,20,21). The van der Waals surface area contributed by atoms with Crippen LogP contribution >= 0.6 is 0 Å². The number of aliphatic carboxylic acids is 1. The number of hydrogen-bond donors (Lipinski definition) is 2. The summed E-state index contributed by atoms with van der Waals surface area (Å²) in [5.41, 5.74) is 2.48. The smallest absolute Gasteiger partial charge is 0.321 e. The maximum atomic E-state index is 12.3. The first-order valence-corrected chi connectivity index (χ1v) is 7.26. The zero-order valence-corrected chi connectivity index (χ0v) is 12.3. The number of nitrogens with one attached hydrogen (secondary N) is 1. The van der Waals surface area contributed by atoms with E-state index >= 15 is 0 Å². The Morgan fingerprint density at radius 2 is 2.27 bits per heavy atom. The van der Waals surface area contributed by atoms with Crippen LogP contribution in [-0.2, 0) is 4.79 Å². The molecule has 2 aromatic rings. The number of likely N-dealkylation sites (tertiary alicyclic amines) is 1. The quantitative estimate of drug-likeness (QED) is 0.888. The number of carbonyl (C=O) groups is 2. The van der Waals surface area contributed by atoms with Crippen molar-refractivity contribution >= 4 is 23.3 Å². The number of carbonyl (C=O) groups excluding carboxylic acids is 1. The molecule has 0 spiro atoms. The van der Waals surface area contributed by atoms with E-state index in [1.165, 1.54) is 0 Å². The molecule has 2 N–H and O–H groups in total. The van der Waals surface area contributed by atoms with Gasteiger partial charge in [-0.25, -0.2) is 9.78 Å². The molecule has 116 valence electrons. The lowest BCUT2D eigenvalue weighted by molar-refractivity contribution is -0.143. The minimum atomic E-state index is -0.840. The number of hydrogen-bond acceptors (Lipinski definition) is 3. The first kappa shape index (κ1) is 14.4. The average molecular weight is 302 g/mol. The number of carboxylic acids is 1. The van der Waals surface area contributed by atoms with Crippen molar-refractivity contribution in [3.05, 3.63) is 30.2 Å². The van der Waals surface area contributed by atoms with Crippen molar-refractivity contribution in [2.75, 3.05) is 18.4 Å². The fourth-order valence-corrected chi connectivity index (χ4v) is 2.84. The molecule has 1 saturated heterocycles. The molecular weight excluding hydrogens is 284 g/mol. The van der Waals surface area contributed by atoms with Crippen LogP contribution in [0.3, 0.4) is 0 Å². The Labute approximate surface area is 127 Å². The van der Waals surface area contributed by atoms with Crippen molar-refractivity contribution in [3.63, 3.8) is 0 Å². The number of urea groups is 1. The SMILES string of the molecule is Cc1cc(NC(=O)N2CCCC(C(=O)O)C2)cn2ccnc12. The van der Waals surface area contributed by atoms with E-state index in [1.54, 1.807) is 17.3 Å². The summed E-state index contributed by atoms with van der Waals surface area (Å²) in [7, 11) is 0. The highest BCUT2D eigenvalue weighted by atomic mass is 16.4. The summed E-state index contributed by atoms with van der Waals surface area (Å²) >= 11 is 0. The monoisotopic (exact) mass is 302 g/mol. The van der Waals surface area contributed by atoms with Crippen LogP contribution in [0.2, 0.25) is 0 Å². The number of carboxylic acid groups (broad SMARTS) is 1. The molecule has 1 aliphatic rings. The molecule has 1 unspecified atom stereocenters. The second kappa shape index (κ2) is 5.67. The van der Waals surface area contributed by atoms with Crippen LogP contribution < -0.4 is 5.32 Å². The van der Waals surface area contributed by atoms with E-state index in [2.05, 4.69) is 10.3 Å². The predicted molar refractivity (Wildman–Crippen MR) is 80.9 cm³/mol. The Kier molecular flexibility index (Phi) is 3.70. The fraction of sp³-hybridized carbons (Fsp3) is 0.400. The number of anilines is 1. The van der Waals surface area contributed by atoms with Gasteiger partial charge in [0, 0.05) is 31.7 Å². The second-order valence-corrected chi connectivity index (χ2v) is 5.62. The minimum absolute atomic E-state index is 0.257. The maximum Gasteiger partial charge on any atom is 0.321 e. The number of piperidine rings is 1. The van der Waals surface area contributed by atoms with Crippen molar-refractivity contribution in [3.8, 4) is 0 Å². The fourth-order valence-electron chi connectivity index (χ4n) is 2.84. The van der Waals surface area contributed by atoms with Gasteiger partial charge in [-0.05, 0) is 31.4 Å². The molecule has 7 nitrogen and oxygen atoms in total. The minimum Gasteiger partial charge on any atom is -0.481 e. The van der Waals surface area contributed by atoms with Crippen LogP contribution in [0.5, 0.6) is 0 Å². The highest BCUT2D eigenvalue weighted by molar-refractivity contribution is 5.90. The second-order valence-electron chi connectivity index (χ2n) is 5.62. The molecule has 0 bridgehead atoms. The van der Waals surface area contributed by atoms with Gasteiger partial charge in [-0.15, -0.1) is 0 Å². The van der Waals surface area contributed by atoms with Crippen molar-refractivity contribution in [2.24, 2.45) is 5.92 Å². The van der Waals surface area contributed by atoms with Gasteiger partial charge in [-0.1, -0.05) is 0 Å². The number of amides is 2. The van der Waals surface area contributed by atoms with Crippen LogP contribution in [0.15, 0.2) is 24.7 Å². The maximum absolute atomic E-state index is 12.3. The Balaban J connectivity index is 1.73. The summed E-state index contributed by atoms with van der Waals surface area (Å²) in [6, 6.07) is 1.60. The van der Waals surface area contributed by atoms with E-state index in [1.807, 2.05) is 23.6 Å². The number of pyridine rings is 1. The number of imidazole rings is 1. The third-order valence-electron chi connectivity index (χ3n) is 3.98. The van der Waals surface area contributed by atoms with E-state index in [4.69, 9.17) is 5.11 Å². The molecule has 0 radical (unpaired) electrons. The van der Waals surface area contributed by atoms with Crippen LogP contribution in [0.1, 0.15) is 18.4 Å². The third-order valence-corrected chi connectivity index (χ3v) is 3.98. The van der Waals surface area contributed by atoms with Gasteiger partial charge in [0.05, 0.1) is 11.6 Å². The normalized spacial score (nSPS) is 18.4. The van der Waals surface area contributed by atoms with Crippen LogP contribution in [0.4, 0.5) is 10.5 Å². The topological polar surface area (TPSA) is 86.9 Å². The highest BCUT2D eigenvalue weighted by Crippen LogP contribution is 2.19. The van der Waals surface area contributed by atoms with E-state index < -0.39 is 11.9 Å². The molecule has 7 heteroatoms. The molecule has 1 aliphatic heterocycles. The van der Waals surface area contributed by atoms with Gasteiger partial charge in [-0.2, -0.15) is 0 Å². The zero-order chi connectivity index (χ0) is 15.7. The number of aromatic nitrogens is 2. The molecule has 3 rings (SSSR count). The number of fused-ring (bicyclic) bond motifs is 1. The third kappa shape index (κ3) is 2.74. The molecule has 22 heavy (non-hydrogen) atoms. The molecular formula is C15H18N4O3. The Morgan fingerprint density at radius 3 is 3.05 bits per heavy atom. The molecule has 1 atom stereocenters. The molecule has 2 amide bonds. The molecule has 0 aliphatic carbocycles. The van der Waals surface area contributed by atoms with Gasteiger partial charge in [0.15, 0.2) is 0 Å². The van der Waals surface area contributed by atoms with E-state index in [9.17, 15) is 9.59 Å². The molecule has 2 aromatic heterocycles. The lowest BCUT2D eigenvalue weighted by Crippen LogP contribution is -2.44. The Hall–Kier alpha value is -2.57. The largest absolute Gasteiger partial charge is 0.481 e. The molecule has 0 aromatic carbocycles. The first-order valence-electron chi connectivity index (χ1n) is 7.26. The van der Waals surface area contributed by atoms with Gasteiger partial charge in [0.2, 0.25) is 0 Å².